The lowest BCUT2D eigenvalue weighted by molar-refractivity contribution is 0.363. The second kappa shape index (κ2) is 6.89. The first-order chi connectivity index (χ1) is 13.8. The minimum Gasteiger partial charge on any atom is -0.497 e. The molecule has 0 unspecified atom stereocenters. The van der Waals surface area contributed by atoms with Crippen molar-refractivity contribution >= 4 is 21.9 Å². The quantitative estimate of drug-likeness (QED) is 0.497. The fourth-order valence-electron chi connectivity index (χ4n) is 4.62. The van der Waals surface area contributed by atoms with Crippen LogP contribution in [0.2, 0.25) is 0 Å². The van der Waals surface area contributed by atoms with Crippen molar-refractivity contribution in [3.05, 3.63) is 42.7 Å². The van der Waals surface area contributed by atoms with Gasteiger partial charge in [-0.2, -0.15) is 0 Å². The van der Waals surface area contributed by atoms with E-state index in [1.807, 2.05) is 18.5 Å². The molecule has 1 aliphatic rings. The van der Waals surface area contributed by atoms with E-state index in [2.05, 4.69) is 38.8 Å². The minimum absolute atomic E-state index is 0.499. The summed E-state index contributed by atoms with van der Waals surface area (Å²) in [4.78, 5) is 7.87. The molecule has 28 heavy (non-hydrogen) atoms. The normalized spacial score (nSPS) is 15.4. The zero-order chi connectivity index (χ0) is 19.1. The highest BCUT2D eigenvalue weighted by atomic mass is 16.5. The van der Waals surface area contributed by atoms with E-state index in [0.29, 0.717) is 6.04 Å². The molecule has 1 aliphatic carbocycles. The number of H-pyrrole nitrogens is 1. The van der Waals surface area contributed by atoms with Crippen molar-refractivity contribution in [3.8, 4) is 22.8 Å². The van der Waals surface area contributed by atoms with Crippen LogP contribution in [0, 0.1) is 0 Å². The molecular formula is C23H25N3O2. The van der Waals surface area contributed by atoms with Gasteiger partial charge in [0.25, 0.3) is 0 Å². The highest BCUT2D eigenvalue weighted by Gasteiger charge is 2.23. The zero-order valence-corrected chi connectivity index (χ0v) is 16.4. The Morgan fingerprint density at radius 3 is 2.46 bits per heavy atom. The van der Waals surface area contributed by atoms with E-state index in [-0.39, 0.29) is 0 Å². The molecule has 0 radical (unpaired) electrons. The van der Waals surface area contributed by atoms with Gasteiger partial charge in [-0.05, 0) is 37.1 Å². The number of hydrogen-bond donors (Lipinski definition) is 1. The van der Waals surface area contributed by atoms with Crippen LogP contribution in [0.3, 0.4) is 0 Å². The van der Waals surface area contributed by atoms with Gasteiger partial charge in [0, 0.05) is 46.5 Å². The number of pyridine rings is 1. The summed E-state index contributed by atoms with van der Waals surface area (Å²) >= 11 is 0. The van der Waals surface area contributed by atoms with Crippen molar-refractivity contribution < 1.29 is 9.47 Å². The van der Waals surface area contributed by atoms with E-state index >= 15 is 0 Å². The molecule has 0 spiro atoms. The van der Waals surface area contributed by atoms with Gasteiger partial charge >= 0.3 is 0 Å². The third-order valence-corrected chi connectivity index (χ3v) is 5.97. The molecule has 5 nitrogen and oxygen atoms in total. The molecule has 5 rings (SSSR count). The summed E-state index contributed by atoms with van der Waals surface area (Å²) in [5, 5.41) is 2.36. The Balaban J connectivity index is 1.81. The van der Waals surface area contributed by atoms with Gasteiger partial charge in [-0.3, -0.25) is 0 Å². The molecule has 1 fully saturated rings. The molecule has 5 heteroatoms. The lowest BCUT2D eigenvalue weighted by atomic mass is 9.94. The van der Waals surface area contributed by atoms with Crippen LogP contribution in [0.4, 0.5) is 0 Å². The van der Waals surface area contributed by atoms with Crippen LogP contribution in [0.5, 0.6) is 11.5 Å². The van der Waals surface area contributed by atoms with Crippen molar-refractivity contribution in [1.82, 2.24) is 14.5 Å². The summed E-state index contributed by atoms with van der Waals surface area (Å²) in [6.07, 6.45) is 10.3. The predicted octanol–water partition coefficient (Wildman–Crippen LogP) is 5.71. The number of aromatic nitrogens is 3. The summed E-state index contributed by atoms with van der Waals surface area (Å²) in [7, 11) is 3.39. The van der Waals surface area contributed by atoms with E-state index in [9.17, 15) is 0 Å². The highest BCUT2D eigenvalue weighted by molar-refractivity contribution is 6.05. The smallest absolute Gasteiger partial charge is 0.139 e. The highest BCUT2D eigenvalue weighted by Crippen LogP contribution is 2.41. The summed E-state index contributed by atoms with van der Waals surface area (Å²) in [5.74, 6) is 1.61. The van der Waals surface area contributed by atoms with Crippen molar-refractivity contribution in [3.63, 3.8) is 0 Å². The molecular weight excluding hydrogens is 350 g/mol. The summed E-state index contributed by atoms with van der Waals surface area (Å²) in [5.41, 5.74) is 4.53. The Kier molecular flexibility index (Phi) is 4.23. The molecule has 0 bridgehead atoms. The molecule has 1 N–H and O–H groups in total. The Labute approximate surface area is 164 Å². The topological polar surface area (TPSA) is 52.1 Å². The summed E-state index contributed by atoms with van der Waals surface area (Å²) < 4.78 is 13.6. The molecule has 0 saturated heterocycles. The number of fused-ring (bicyclic) bond motifs is 3. The van der Waals surface area contributed by atoms with Crippen LogP contribution >= 0.6 is 0 Å². The molecule has 0 amide bonds. The first-order valence-corrected chi connectivity index (χ1v) is 9.99. The molecule has 144 valence electrons. The van der Waals surface area contributed by atoms with Gasteiger partial charge in [-0.25, -0.2) is 4.98 Å². The van der Waals surface area contributed by atoms with E-state index < -0.39 is 0 Å². The van der Waals surface area contributed by atoms with E-state index in [1.165, 1.54) is 54.1 Å². The third kappa shape index (κ3) is 2.73. The van der Waals surface area contributed by atoms with Gasteiger partial charge < -0.3 is 19.0 Å². The predicted molar refractivity (Wildman–Crippen MR) is 112 cm³/mol. The molecule has 0 aliphatic heterocycles. The van der Waals surface area contributed by atoms with Crippen LogP contribution in [0.25, 0.3) is 33.2 Å². The average Bonchev–Trinajstić information content (AvgIpc) is 3.38. The maximum Gasteiger partial charge on any atom is 0.139 e. The third-order valence-electron chi connectivity index (χ3n) is 5.97. The van der Waals surface area contributed by atoms with Crippen LogP contribution < -0.4 is 9.47 Å². The second-order valence-electron chi connectivity index (χ2n) is 7.59. The molecule has 1 aromatic carbocycles. The van der Waals surface area contributed by atoms with Crippen LogP contribution in [-0.2, 0) is 0 Å². The first kappa shape index (κ1) is 17.2. The average molecular weight is 375 g/mol. The van der Waals surface area contributed by atoms with Gasteiger partial charge in [0.2, 0.25) is 0 Å². The first-order valence-electron chi connectivity index (χ1n) is 9.99. The van der Waals surface area contributed by atoms with Crippen molar-refractivity contribution in [1.29, 1.82) is 0 Å². The van der Waals surface area contributed by atoms with Gasteiger partial charge in [-0.1, -0.05) is 19.3 Å². The summed E-state index contributed by atoms with van der Waals surface area (Å²) in [6, 6.07) is 11.0. The molecule has 1 saturated carbocycles. The number of aromatic amines is 1. The number of nitrogens with zero attached hydrogens (tertiary/aromatic N) is 2. The lowest BCUT2D eigenvalue weighted by Crippen LogP contribution is -2.13. The number of benzene rings is 1. The van der Waals surface area contributed by atoms with Crippen molar-refractivity contribution in [2.75, 3.05) is 14.2 Å². The van der Waals surface area contributed by atoms with Gasteiger partial charge in [0.05, 0.1) is 19.7 Å². The Morgan fingerprint density at radius 1 is 1.00 bits per heavy atom. The van der Waals surface area contributed by atoms with E-state index in [0.717, 1.165) is 22.7 Å². The van der Waals surface area contributed by atoms with Crippen LogP contribution in [0.15, 0.2) is 42.7 Å². The molecule has 4 aromatic rings. The van der Waals surface area contributed by atoms with Crippen molar-refractivity contribution in [2.45, 2.75) is 38.1 Å². The molecule has 3 aromatic heterocycles. The van der Waals surface area contributed by atoms with Gasteiger partial charge in [0.1, 0.15) is 17.1 Å². The molecule has 0 atom stereocenters. The number of rotatable bonds is 4. The fourth-order valence-corrected chi connectivity index (χ4v) is 4.62. The van der Waals surface area contributed by atoms with Gasteiger partial charge in [0.15, 0.2) is 0 Å². The minimum atomic E-state index is 0.499. The SMILES string of the molecule is COc1cc(OC)cc(-c2cc3cnc4[nH]ccc4c3n2C2CCCCC2)c1. The number of ether oxygens (including phenoxy) is 2. The molecule has 3 heterocycles. The van der Waals surface area contributed by atoms with Gasteiger partial charge in [-0.15, -0.1) is 0 Å². The number of hydrogen-bond acceptors (Lipinski definition) is 3. The lowest BCUT2D eigenvalue weighted by Gasteiger charge is -2.27. The Hall–Kier alpha value is -2.95. The second-order valence-corrected chi connectivity index (χ2v) is 7.59. The maximum absolute atomic E-state index is 5.53. The fraction of sp³-hybridized carbons (Fsp3) is 0.348. The van der Waals surface area contributed by atoms with E-state index in [1.54, 1.807) is 14.2 Å². The largest absolute Gasteiger partial charge is 0.497 e. The monoisotopic (exact) mass is 375 g/mol. The van der Waals surface area contributed by atoms with Crippen molar-refractivity contribution in [2.24, 2.45) is 0 Å². The summed E-state index contributed by atoms with van der Waals surface area (Å²) in [6.45, 7) is 0. The van der Waals surface area contributed by atoms with Crippen LogP contribution in [0.1, 0.15) is 38.1 Å². The standard InChI is InChI=1S/C23H25N3O2/c1-27-18-10-15(11-19(13-18)28-2)21-12-16-14-25-23-20(8-9-24-23)22(16)26(21)17-6-4-3-5-7-17/h8-14,17H,3-7H2,1-2H3,(H,24,25). The number of methoxy groups -OCH3 is 2. The van der Waals surface area contributed by atoms with E-state index in [4.69, 9.17) is 9.47 Å². The number of nitrogens with one attached hydrogen (secondary N) is 1. The maximum atomic E-state index is 5.53. The zero-order valence-electron chi connectivity index (χ0n) is 16.4. The Morgan fingerprint density at radius 2 is 1.75 bits per heavy atom. The Bertz CT molecular complexity index is 1110. The van der Waals surface area contributed by atoms with Crippen LogP contribution in [-0.4, -0.2) is 28.8 Å².